The molecule has 0 fully saturated rings. The molecular formula is C16H26GaN4O9. The Hall–Kier alpha value is -2.74. The summed E-state index contributed by atoms with van der Waals surface area (Å²) in [6.45, 7) is 1.35. The molecule has 0 rings (SSSR count). The SMILES string of the molecule is CC(=O)NCC(=O)NCCCCC(NC(=O)NC(CCC(=O)O)C(=O)O)C(=O)O.[Ga]. The number of aliphatic carboxylic acids is 3. The number of unbranched alkanes of at least 4 members (excludes halogenated alkanes) is 1. The van der Waals surface area contributed by atoms with E-state index in [2.05, 4.69) is 16.0 Å². The number of carboxylic acid groups (broad SMARTS) is 3. The summed E-state index contributed by atoms with van der Waals surface area (Å²) in [5, 5.41) is 35.7. The molecule has 30 heavy (non-hydrogen) atoms. The van der Waals surface area contributed by atoms with Gasteiger partial charge in [-0.1, -0.05) is 0 Å². The molecule has 14 heteroatoms. The van der Waals surface area contributed by atoms with Gasteiger partial charge in [0.2, 0.25) is 11.8 Å². The van der Waals surface area contributed by atoms with E-state index < -0.39 is 48.4 Å². The molecule has 4 amide bonds. The van der Waals surface area contributed by atoms with Gasteiger partial charge in [0, 0.05) is 39.7 Å². The molecule has 13 nitrogen and oxygen atoms in total. The zero-order valence-electron chi connectivity index (χ0n) is 16.5. The first kappa shape index (κ1) is 29.5. The van der Waals surface area contributed by atoms with Gasteiger partial charge in [0.25, 0.3) is 0 Å². The Morgan fingerprint density at radius 2 is 1.33 bits per heavy atom. The van der Waals surface area contributed by atoms with Crippen LogP contribution >= 0.6 is 0 Å². The van der Waals surface area contributed by atoms with Gasteiger partial charge in [-0.2, -0.15) is 0 Å². The first-order chi connectivity index (χ1) is 13.5. The van der Waals surface area contributed by atoms with Crippen molar-refractivity contribution in [2.45, 2.75) is 51.1 Å². The third-order valence-electron chi connectivity index (χ3n) is 3.59. The maximum Gasteiger partial charge on any atom is 0.326 e. The first-order valence-corrected chi connectivity index (χ1v) is 8.78. The normalized spacial score (nSPS) is 11.8. The minimum absolute atomic E-state index is 0. The molecule has 0 aliphatic heterocycles. The maximum absolute atomic E-state index is 11.8. The van der Waals surface area contributed by atoms with E-state index in [0.717, 1.165) is 0 Å². The Labute approximate surface area is 185 Å². The predicted molar refractivity (Wildman–Crippen MR) is 103 cm³/mol. The summed E-state index contributed by atoms with van der Waals surface area (Å²) in [5.74, 6) is -4.74. The molecule has 2 unspecified atom stereocenters. The van der Waals surface area contributed by atoms with E-state index >= 15 is 0 Å². The number of carbonyl (C=O) groups excluding carboxylic acids is 3. The smallest absolute Gasteiger partial charge is 0.326 e. The van der Waals surface area contributed by atoms with Crippen LogP contribution in [-0.4, -0.2) is 96.0 Å². The number of hydrogen-bond donors (Lipinski definition) is 7. The van der Waals surface area contributed by atoms with Crippen LogP contribution in [0, 0.1) is 0 Å². The fourth-order valence-electron chi connectivity index (χ4n) is 2.11. The largest absolute Gasteiger partial charge is 0.481 e. The molecule has 0 saturated carbocycles. The molecule has 167 valence electrons. The minimum Gasteiger partial charge on any atom is -0.481 e. The molecule has 0 spiro atoms. The van der Waals surface area contributed by atoms with E-state index in [0.29, 0.717) is 12.8 Å². The summed E-state index contributed by atoms with van der Waals surface area (Å²) in [7, 11) is 0. The van der Waals surface area contributed by atoms with E-state index in [1.54, 1.807) is 0 Å². The molecule has 0 bridgehead atoms. The molecule has 2 atom stereocenters. The summed E-state index contributed by atoms with van der Waals surface area (Å²) in [5.41, 5.74) is 0. The molecule has 0 heterocycles. The van der Waals surface area contributed by atoms with Crippen molar-refractivity contribution in [2.75, 3.05) is 13.1 Å². The second kappa shape index (κ2) is 16.1. The number of rotatable bonds is 14. The molecule has 7 N–H and O–H groups in total. The van der Waals surface area contributed by atoms with Crippen molar-refractivity contribution < 1.29 is 44.1 Å². The quantitative estimate of drug-likeness (QED) is 0.107. The molecule has 0 aliphatic carbocycles. The predicted octanol–water partition coefficient (Wildman–Crippen LogP) is -1.90. The van der Waals surface area contributed by atoms with Crippen molar-refractivity contribution in [3.63, 3.8) is 0 Å². The second-order valence-corrected chi connectivity index (χ2v) is 6.09. The van der Waals surface area contributed by atoms with Crippen molar-refractivity contribution in [1.82, 2.24) is 21.3 Å². The Bertz CT molecular complexity index is 630. The molecular weight excluding hydrogens is 462 g/mol. The summed E-state index contributed by atoms with van der Waals surface area (Å²) in [4.78, 5) is 66.7. The van der Waals surface area contributed by atoms with Crippen LogP contribution in [0.2, 0.25) is 0 Å². The van der Waals surface area contributed by atoms with Crippen LogP contribution in [0.1, 0.15) is 39.0 Å². The summed E-state index contributed by atoms with van der Waals surface area (Å²) in [6.07, 6.45) is -0.0628. The monoisotopic (exact) mass is 487 g/mol. The van der Waals surface area contributed by atoms with E-state index in [1.165, 1.54) is 6.92 Å². The van der Waals surface area contributed by atoms with Gasteiger partial charge < -0.3 is 36.6 Å². The van der Waals surface area contributed by atoms with E-state index in [1.807, 2.05) is 5.32 Å². The third-order valence-corrected chi connectivity index (χ3v) is 3.59. The van der Waals surface area contributed by atoms with Gasteiger partial charge in [0.05, 0.1) is 6.54 Å². The molecule has 0 aromatic heterocycles. The van der Waals surface area contributed by atoms with E-state index in [4.69, 9.17) is 15.3 Å². The number of carbonyl (C=O) groups is 6. The summed E-state index contributed by atoms with van der Waals surface area (Å²) in [6, 6.07) is -3.81. The van der Waals surface area contributed by atoms with Crippen molar-refractivity contribution >= 4 is 55.5 Å². The number of urea groups is 1. The van der Waals surface area contributed by atoms with Crippen LogP contribution in [0.15, 0.2) is 0 Å². The van der Waals surface area contributed by atoms with Gasteiger partial charge >= 0.3 is 23.9 Å². The topological polar surface area (TPSA) is 211 Å². The fraction of sp³-hybridized carbons (Fsp3) is 0.625. The fourth-order valence-corrected chi connectivity index (χ4v) is 2.11. The van der Waals surface area contributed by atoms with Gasteiger partial charge in [-0.3, -0.25) is 14.4 Å². The van der Waals surface area contributed by atoms with Gasteiger partial charge in [-0.15, -0.1) is 0 Å². The van der Waals surface area contributed by atoms with Crippen LogP contribution in [-0.2, 0) is 24.0 Å². The number of amides is 4. The zero-order chi connectivity index (χ0) is 22.4. The Morgan fingerprint density at radius 1 is 0.800 bits per heavy atom. The van der Waals surface area contributed by atoms with Gasteiger partial charge in [-0.25, -0.2) is 14.4 Å². The number of hydrogen-bond acceptors (Lipinski definition) is 6. The van der Waals surface area contributed by atoms with Crippen LogP contribution in [0.25, 0.3) is 0 Å². The standard InChI is InChI=1S/C16H26N4O9.Ga/c1-9(21)18-8-12(22)17-7-3-2-4-10(14(25)26)19-16(29)20-11(15(27)28)5-6-13(23)24;/h10-11H,2-8H2,1H3,(H,17,22)(H,18,21)(H,23,24)(H,25,26)(H,27,28)(H2,19,20,29);. The van der Waals surface area contributed by atoms with Crippen molar-refractivity contribution in [3.8, 4) is 0 Å². The van der Waals surface area contributed by atoms with Crippen molar-refractivity contribution in [2.24, 2.45) is 0 Å². The Kier molecular flexibility index (Phi) is 15.8. The van der Waals surface area contributed by atoms with Crippen LogP contribution in [0.5, 0.6) is 0 Å². The Morgan fingerprint density at radius 3 is 1.80 bits per heavy atom. The van der Waals surface area contributed by atoms with Crippen molar-refractivity contribution in [1.29, 1.82) is 0 Å². The van der Waals surface area contributed by atoms with Gasteiger partial charge in [0.15, 0.2) is 0 Å². The van der Waals surface area contributed by atoms with Crippen LogP contribution in [0.4, 0.5) is 4.79 Å². The van der Waals surface area contributed by atoms with Gasteiger partial charge in [-0.05, 0) is 25.7 Å². The number of nitrogens with one attached hydrogen (secondary N) is 4. The van der Waals surface area contributed by atoms with Gasteiger partial charge in [0.1, 0.15) is 12.1 Å². The first-order valence-electron chi connectivity index (χ1n) is 8.78. The Balaban J connectivity index is 0. The average molecular weight is 488 g/mol. The summed E-state index contributed by atoms with van der Waals surface area (Å²) >= 11 is 0. The molecule has 0 aliphatic rings. The number of carboxylic acids is 3. The second-order valence-electron chi connectivity index (χ2n) is 6.09. The summed E-state index contributed by atoms with van der Waals surface area (Å²) < 4.78 is 0. The molecule has 0 aromatic carbocycles. The van der Waals surface area contributed by atoms with Crippen molar-refractivity contribution in [3.05, 3.63) is 0 Å². The van der Waals surface area contributed by atoms with E-state index in [-0.39, 0.29) is 51.6 Å². The third kappa shape index (κ3) is 15.2. The molecule has 0 aromatic rings. The average Bonchev–Trinajstić information content (AvgIpc) is 2.61. The van der Waals surface area contributed by atoms with Crippen LogP contribution in [0.3, 0.4) is 0 Å². The molecule has 3 radical (unpaired) electrons. The van der Waals surface area contributed by atoms with E-state index in [9.17, 15) is 28.8 Å². The zero-order valence-corrected chi connectivity index (χ0v) is 18.9. The van der Waals surface area contributed by atoms with Crippen LogP contribution < -0.4 is 21.3 Å². The molecule has 0 saturated heterocycles. The maximum atomic E-state index is 11.8. The minimum atomic E-state index is -1.47.